The van der Waals surface area contributed by atoms with Crippen LogP contribution >= 0.6 is 0 Å². The van der Waals surface area contributed by atoms with E-state index in [1.807, 2.05) is 0 Å². The monoisotopic (exact) mass is 1070 g/mol. The summed E-state index contributed by atoms with van der Waals surface area (Å²) < 4.78 is 62.8. The largest absolute Gasteiger partial charge is 0.394 e. The van der Waals surface area contributed by atoms with Gasteiger partial charge in [0.25, 0.3) is 0 Å². The first kappa shape index (κ1) is 60.0. The van der Waals surface area contributed by atoms with Crippen molar-refractivity contribution in [2.45, 2.75) is 198 Å². The van der Waals surface area contributed by atoms with Gasteiger partial charge in [-0.3, -0.25) is 9.59 Å². The molecule has 0 unspecified atom stereocenters. The molecule has 0 aromatic heterocycles. The average molecular weight is 1070 g/mol. The standard InChI is InChI=1S/C40H68N2O31/c1-9(49)41-17-31(70-38-27(59)24(56)19(51)11(3-43)66-38)20(52)12(4-44)64-36(17)73-34-23(55)15(7-47)68-40(29(34)61)71-32-18(42-10(2)50)37(65-13(5-45)21(32)53)72-33-22(54)14(6-46)67-39(28(33)60)69-30-16(8-48)63-35(62)26(58)25(30)57/h11-40,43-48,51-62H,3-8H2,1-2H3,(H,41,49)(H,42,50)/t11-,12-,13-,14-,15-,16-,17-,18-,19+,20-,21-,22+,23+,24+,25-,26-,27-,28-,29-,30-,31-,32-,33+,34+,35+,36+,37+,38+,39+,40+/m1/s1. The summed E-state index contributed by atoms with van der Waals surface area (Å²) >= 11 is 0. The van der Waals surface area contributed by atoms with Crippen molar-refractivity contribution in [2.24, 2.45) is 0 Å². The van der Waals surface area contributed by atoms with Crippen molar-refractivity contribution in [1.29, 1.82) is 0 Å². The first-order valence-corrected chi connectivity index (χ1v) is 23.1. The van der Waals surface area contributed by atoms with Crippen LogP contribution in [0.3, 0.4) is 0 Å². The number of aliphatic hydroxyl groups excluding tert-OH is 18. The molecular formula is C40H68N2O31. The number of carbonyl (C=O) groups excluding carboxylic acids is 2. The van der Waals surface area contributed by atoms with Crippen LogP contribution in [-0.4, -0.2) is 327 Å². The van der Waals surface area contributed by atoms with Gasteiger partial charge in [0.15, 0.2) is 37.7 Å². The van der Waals surface area contributed by atoms with Gasteiger partial charge in [0.2, 0.25) is 11.8 Å². The lowest BCUT2D eigenvalue weighted by atomic mass is 9.93. The molecule has 0 spiro atoms. The molecule has 6 aliphatic heterocycles. The molecule has 0 aliphatic carbocycles. The van der Waals surface area contributed by atoms with Crippen LogP contribution in [0, 0.1) is 0 Å². The number of nitrogens with one attached hydrogen (secondary N) is 2. The number of aliphatic hydroxyl groups is 18. The Bertz CT molecular complexity index is 1750. The predicted molar refractivity (Wildman–Crippen MR) is 222 cm³/mol. The van der Waals surface area contributed by atoms with E-state index in [4.69, 9.17) is 52.1 Å². The van der Waals surface area contributed by atoms with Gasteiger partial charge in [-0.25, -0.2) is 0 Å². The average Bonchev–Trinajstić information content (AvgIpc) is 3.35. The highest BCUT2D eigenvalue weighted by Crippen LogP contribution is 2.37. The number of amides is 2. The van der Waals surface area contributed by atoms with Gasteiger partial charge in [0.1, 0.15) is 146 Å². The highest BCUT2D eigenvalue weighted by atomic mass is 16.8. The van der Waals surface area contributed by atoms with Gasteiger partial charge in [-0.2, -0.15) is 0 Å². The number of carbonyl (C=O) groups is 2. The predicted octanol–water partition coefficient (Wildman–Crippen LogP) is -13.8. The molecule has 33 nitrogen and oxygen atoms in total. The lowest BCUT2D eigenvalue weighted by Crippen LogP contribution is -2.71. The SMILES string of the molecule is CC(=O)N[C@H]1[C@H](O[C@H]2[C@@H](O)[C@@H](CO)O[C@@H](O[C@H]3[C@H](O)[C@@H](CO)O[C@@H](O[C@H]4[C@@H](O)[C@@H](CO)O[C@@H](O[C@H]5[C@H](O)[C@@H](O)[C@@H](O)O[C@@H]5CO)[C@@H]4O)[C@@H]3NC(C)=O)[C@@H]2O)O[C@H](CO)[C@@H](O)[C@@H]1O[C@@H]1O[C@H](CO)[C@H](O)[C@H](O)[C@H]1O. The van der Waals surface area contributed by atoms with Gasteiger partial charge in [-0.05, 0) is 0 Å². The molecule has 0 bridgehead atoms. The van der Waals surface area contributed by atoms with Crippen LogP contribution in [0.1, 0.15) is 13.8 Å². The molecule has 6 aliphatic rings. The summed E-state index contributed by atoms with van der Waals surface area (Å²) in [6.45, 7) is -3.89. The molecule has 0 saturated carbocycles. The van der Waals surface area contributed by atoms with Crippen molar-refractivity contribution >= 4 is 11.8 Å². The molecule has 0 aromatic rings. The van der Waals surface area contributed by atoms with Crippen LogP contribution in [0.15, 0.2) is 0 Å². The second kappa shape index (κ2) is 26.0. The Morgan fingerprint density at radius 1 is 0.329 bits per heavy atom. The Balaban J connectivity index is 1.27. The maximum atomic E-state index is 12.8. The highest BCUT2D eigenvalue weighted by Gasteiger charge is 2.58. The van der Waals surface area contributed by atoms with E-state index in [0.29, 0.717) is 0 Å². The van der Waals surface area contributed by atoms with Crippen LogP contribution in [0.2, 0.25) is 0 Å². The zero-order valence-electron chi connectivity index (χ0n) is 38.9. The molecule has 6 heterocycles. The molecule has 73 heavy (non-hydrogen) atoms. The number of rotatable bonds is 18. The Labute approximate surface area is 413 Å². The van der Waals surface area contributed by atoms with Gasteiger partial charge >= 0.3 is 0 Å². The Hall–Kier alpha value is -2.22. The summed E-state index contributed by atoms with van der Waals surface area (Å²) in [6.07, 6.45) is -53.9. The zero-order chi connectivity index (χ0) is 53.9. The molecule has 30 atom stereocenters. The lowest BCUT2D eigenvalue weighted by Gasteiger charge is -2.51. The summed E-state index contributed by atoms with van der Waals surface area (Å²) in [5, 5.41) is 197. The van der Waals surface area contributed by atoms with E-state index in [9.17, 15) is 102 Å². The first-order chi connectivity index (χ1) is 34.5. The van der Waals surface area contributed by atoms with E-state index in [0.717, 1.165) is 13.8 Å². The number of hydrogen-bond donors (Lipinski definition) is 20. The summed E-state index contributed by atoms with van der Waals surface area (Å²) in [4.78, 5) is 25.4. The molecule has 6 saturated heterocycles. The lowest BCUT2D eigenvalue weighted by molar-refractivity contribution is -0.385. The fraction of sp³-hybridized carbons (Fsp3) is 0.950. The minimum Gasteiger partial charge on any atom is -0.394 e. The summed E-state index contributed by atoms with van der Waals surface area (Å²) in [5.41, 5.74) is 0. The normalized spacial score (nSPS) is 49.8. The number of ether oxygens (including phenoxy) is 11. The van der Waals surface area contributed by atoms with Crippen LogP contribution in [-0.2, 0) is 61.7 Å². The first-order valence-electron chi connectivity index (χ1n) is 23.1. The Kier molecular flexibility index (Phi) is 21.3. The maximum absolute atomic E-state index is 12.8. The molecule has 33 heteroatoms. The molecule has 0 aromatic carbocycles. The summed E-state index contributed by atoms with van der Waals surface area (Å²) in [5.74, 6) is -1.73. The minimum atomic E-state index is -2.27. The van der Waals surface area contributed by atoms with E-state index in [2.05, 4.69) is 10.6 Å². The fourth-order valence-electron chi connectivity index (χ4n) is 9.31. The third kappa shape index (κ3) is 12.9. The van der Waals surface area contributed by atoms with Crippen LogP contribution in [0.25, 0.3) is 0 Å². The molecule has 6 rings (SSSR count). The zero-order valence-corrected chi connectivity index (χ0v) is 38.9. The molecule has 6 fully saturated rings. The minimum absolute atomic E-state index is 0.848. The van der Waals surface area contributed by atoms with Crippen molar-refractivity contribution in [2.75, 3.05) is 39.6 Å². The van der Waals surface area contributed by atoms with Crippen LogP contribution < -0.4 is 10.6 Å². The van der Waals surface area contributed by atoms with Crippen molar-refractivity contribution in [3.05, 3.63) is 0 Å². The molecule has 424 valence electrons. The quantitative estimate of drug-likeness (QED) is 0.0606. The Morgan fingerprint density at radius 3 is 0.986 bits per heavy atom. The van der Waals surface area contributed by atoms with E-state index < -0.39 is 236 Å². The second-order valence-electron chi connectivity index (χ2n) is 18.2. The fourth-order valence-corrected chi connectivity index (χ4v) is 9.31. The number of hydrogen-bond acceptors (Lipinski definition) is 31. The third-order valence-corrected chi connectivity index (χ3v) is 13.2. The third-order valence-electron chi connectivity index (χ3n) is 13.2. The molecule has 2 amide bonds. The molecule has 0 radical (unpaired) electrons. The van der Waals surface area contributed by atoms with Gasteiger partial charge in [0, 0.05) is 13.8 Å². The smallest absolute Gasteiger partial charge is 0.217 e. The second-order valence-corrected chi connectivity index (χ2v) is 18.2. The summed E-state index contributed by atoms with van der Waals surface area (Å²) in [6, 6.07) is -3.56. The van der Waals surface area contributed by atoms with Crippen molar-refractivity contribution in [3.8, 4) is 0 Å². The van der Waals surface area contributed by atoms with E-state index in [1.54, 1.807) is 0 Å². The van der Waals surface area contributed by atoms with Crippen molar-refractivity contribution < 1.29 is 154 Å². The van der Waals surface area contributed by atoms with Gasteiger partial charge in [-0.1, -0.05) is 0 Å². The van der Waals surface area contributed by atoms with Crippen molar-refractivity contribution in [1.82, 2.24) is 10.6 Å². The highest BCUT2D eigenvalue weighted by molar-refractivity contribution is 5.73. The van der Waals surface area contributed by atoms with Crippen molar-refractivity contribution in [3.63, 3.8) is 0 Å². The maximum Gasteiger partial charge on any atom is 0.217 e. The molecule has 20 N–H and O–H groups in total. The van der Waals surface area contributed by atoms with E-state index in [-0.39, 0.29) is 0 Å². The van der Waals surface area contributed by atoms with Gasteiger partial charge in [0.05, 0.1) is 39.6 Å². The summed E-state index contributed by atoms with van der Waals surface area (Å²) in [7, 11) is 0. The van der Waals surface area contributed by atoms with E-state index >= 15 is 0 Å². The van der Waals surface area contributed by atoms with Crippen LogP contribution in [0.4, 0.5) is 0 Å². The van der Waals surface area contributed by atoms with Gasteiger partial charge < -0.3 is 155 Å². The topological polar surface area (TPSA) is 524 Å². The van der Waals surface area contributed by atoms with Crippen LogP contribution in [0.5, 0.6) is 0 Å². The molecular weight excluding hydrogens is 1000 g/mol. The Morgan fingerprint density at radius 2 is 0.630 bits per heavy atom. The van der Waals surface area contributed by atoms with E-state index in [1.165, 1.54) is 0 Å². The van der Waals surface area contributed by atoms with Gasteiger partial charge in [-0.15, -0.1) is 0 Å².